The lowest BCUT2D eigenvalue weighted by Gasteiger charge is -2.33. The number of nitrogens with two attached hydrogens (primary N) is 1. The second-order valence-electron chi connectivity index (χ2n) is 5.51. The molecule has 0 saturated carbocycles. The summed E-state index contributed by atoms with van der Waals surface area (Å²) >= 11 is 0. The molecule has 3 N–H and O–H groups in total. The zero-order valence-electron chi connectivity index (χ0n) is 11.5. The SMILES string of the molecule is CC(C)C(CN)C(=O)NCC(C)(C)N(C)C. The molecule has 0 aromatic carbocycles. The number of nitrogens with zero attached hydrogens (tertiary/aromatic N) is 1. The molecule has 0 bridgehead atoms. The van der Waals surface area contributed by atoms with Crippen LogP contribution in [0.2, 0.25) is 0 Å². The first kappa shape index (κ1) is 15.4. The average Bonchev–Trinajstić information content (AvgIpc) is 2.15. The number of amides is 1. The van der Waals surface area contributed by atoms with Crippen molar-refractivity contribution < 1.29 is 4.79 Å². The molecular weight excluding hydrogens is 202 g/mol. The van der Waals surface area contributed by atoms with Crippen molar-refractivity contribution in [1.82, 2.24) is 10.2 Å². The number of hydrogen-bond acceptors (Lipinski definition) is 3. The van der Waals surface area contributed by atoms with Crippen LogP contribution in [0.4, 0.5) is 0 Å². The van der Waals surface area contributed by atoms with Crippen LogP contribution in [0.5, 0.6) is 0 Å². The molecule has 1 unspecified atom stereocenters. The van der Waals surface area contributed by atoms with Crippen LogP contribution >= 0.6 is 0 Å². The monoisotopic (exact) mass is 229 g/mol. The second kappa shape index (κ2) is 6.21. The number of rotatable bonds is 6. The van der Waals surface area contributed by atoms with Crippen molar-refractivity contribution in [2.45, 2.75) is 33.2 Å². The van der Waals surface area contributed by atoms with Gasteiger partial charge in [-0.2, -0.15) is 0 Å². The van der Waals surface area contributed by atoms with E-state index in [1.54, 1.807) is 0 Å². The first-order valence-corrected chi connectivity index (χ1v) is 5.87. The molecule has 0 saturated heterocycles. The van der Waals surface area contributed by atoms with Crippen molar-refractivity contribution in [2.75, 3.05) is 27.2 Å². The van der Waals surface area contributed by atoms with Crippen molar-refractivity contribution in [3.63, 3.8) is 0 Å². The van der Waals surface area contributed by atoms with Gasteiger partial charge in [0.25, 0.3) is 0 Å². The van der Waals surface area contributed by atoms with Crippen LogP contribution in [-0.4, -0.2) is 43.5 Å². The van der Waals surface area contributed by atoms with Crippen molar-refractivity contribution in [1.29, 1.82) is 0 Å². The fourth-order valence-corrected chi connectivity index (χ4v) is 1.27. The minimum atomic E-state index is -0.0852. The summed E-state index contributed by atoms with van der Waals surface area (Å²) in [6.45, 7) is 9.29. The highest BCUT2D eigenvalue weighted by molar-refractivity contribution is 5.79. The highest BCUT2D eigenvalue weighted by atomic mass is 16.1. The molecule has 0 heterocycles. The van der Waals surface area contributed by atoms with E-state index >= 15 is 0 Å². The molecule has 0 aromatic heterocycles. The van der Waals surface area contributed by atoms with Gasteiger partial charge in [0.05, 0.1) is 5.92 Å². The van der Waals surface area contributed by atoms with Crippen LogP contribution in [-0.2, 0) is 4.79 Å². The van der Waals surface area contributed by atoms with Gasteiger partial charge in [-0.05, 0) is 33.9 Å². The van der Waals surface area contributed by atoms with E-state index in [0.717, 1.165) is 0 Å². The Morgan fingerprint density at radius 2 is 1.88 bits per heavy atom. The molecule has 16 heavy (non-hydrogen) atoms. The van der Waals surface area contributed by atoms with E-state index in [1.807, 2.05) is 27.9 Å². The summed E-state index contributed by atoms with van der Waals surface area (Å²) in [7, 11) is 4.02. The van der Waals surface area contributed by atoms with Crippen molar-refractivity contribution in [3.05, 3.63) is 0 Å². The van der Waals surface area contributed by atoms with Crippen LogP contribution in [0.15, 0.2) is 0 Å². The van der Waals surface area contributed by atoms with E-state index < -0.39 is 0 Å². The number of carbonyl (C=O) groups excluding carboxylic acids is 1. The lowest BCUT2D eigenvalue weighted by molar-refractivity contribution is -0.126. The minimum absolute atomic E-state index is 0.0359. The molecule has 1 amide bonds. The maximum atomic E-state index is 11.9. The van der Waals surface area contributed by atoms with Gasteiger partial charge in [-0.25, -0.2) is 0 Å². The quantitative estimate of drug-likeness (QED) is 0.704. The van der Waals surface area contributed by atoms with Gasteiger partial charge in [-0.3, -0.25) is 4.79 Å². The summed E-state index contributed by atoms with van der Waals surface area (Å²) in [6.07, 6.45) is 0. The number of likely N-dealkylation sites (N-methyl/N-ethyl adjacent to an activating group) is 1. The topological polar surface area (TPSA) is 58.4 Å². The van der Waals surface area contributed by atoms with Crippen molar-refractivity contribution >= 4 is 5.91 Å². The Morgan fingerprint density at radius 3 is 2.19 bits per heavy atom. The molecule has 4 heteroatoms. The Balaban J connectivity index is 4.26. The van der Waals surface area contributed by atoms with Gasteiger partial charge in [-0.15, -0.1) is 0 Å². The summed E-state index contributed by atoms with van der Waals surface area (Å²) < 4.78 is 0. The minimum Gasteiger partial charge on any atom is -0.354 e. The summed E-state index contributed by atoms with van der Waals surface area (Å²) in [5.74, 6) is 0.262. The van der Waals surface area contributed by atoms with Crippen LogP contribution in [0, 0.1) is 11.8 Å². The third kappa shape index (κ3) is 4.49. The molecule has 0 radical (unpaired) electrons. The number of hydrogen-bond donors (Lipinski definition) is 2. The van der Waals surface area contributed by atoms with Crippen LogP contribution in [0.3, 0.4) is 0 Å². The molecule has 0 spiro atoms. The molecule has 4 nitrogen and oxygen atoms in total. The smallest absolute Gasteiger partial charge is 0.224 e. The first-order valence-electron chi connectivity index (χ1n) is 5.87. The molecule has 0 aliphatic heterocycles. The van der Waals surface area contributed by atoms with Crippen LogP contribution < -0.4 is 11.1 Å². The largest absolute Gasteiger partial charge is 0.354 e. The molecule has 0 fully saturated rings. The van der Waals surface area contributed by atoms with Crippen molar-refractivity contribution in [3.8, 4) is 0 Å². The van der Waals surface area contributed by atoms with E-state index in [0.29, 0.717) is 13.1 Å². The fourth-order valence-electron chi connectivity index (χ4n) is 1.27. The third-order valence-corrected chi connectivity index (χ3v) is 3.30. The van der Waals surface area contributed by atoms with E-state index in [2.05, 4.69) is 24.1 Å². The Hall–Kier alpha value is -0.610. The van der Waals surface area contributed by atoms with Crippen LogP contribution in [0.25, 0.3) is 0 Å². The van der Waals surface area contributed by atoms with E-state index in [1.165, 1.54) is 0 Å². The van der Waals surface area contributed by atoms with Crippen molar-refractivity contribution in [2.24, 2.45) is 17.6 Å². The summed E-state index contributed by atoms with van der Waals surface area (Å²) in [6, 6.07) is 0. The zero-order chi connectivity index (χ0) is 12.9. The predicted octanol–water partition coefficient (Wildman–Crippen LogP) is 0.674. The van der Waals surface area contributed by atoms with Gasteiger partial charge in [-0.1, -0.05) is 13.8 Å². The Labute approximate surface area is 99.6 Å². The maximum absolute atomic E-state index is 11.9. The van der Waals surface area contributed by atoms with Gasteiger partial charge in [0.1, 0.15) is 0 Å². The number of carbonyl (C=O) groups is 1. The van der Waals surface area contributed by atoms with E-state index in [9.17, 15) is 4.79 Å². The van der Waals surface area contributed by atoms with Gasteiger partial charge in [0.2, 0.25) is 5.91 Å². The molecule has 1 atom stereocenters. The second-order valence-corrected chi connectivity index (χ2v) is 5.51. The Morgan fingerprint density at radius 1 is 1.38 bits per heavy atom. The normalized spacial score (nSPS) is 14.3. The molecule has 0 aliphatic rings. The third-order valence-electron chi connectivity index (χ3n) is 3.30. The van der Waals surface area contributed by atoms with Gasteiger partial charge < -0.3 is 16.0 Å². The van der Waals surface area contributed by atoms with E-state index in [-0.39, 0.29) is 23.3 Å². The average molecular weight is 229 g/mol. The highest BCUT2D eigenvalue weighted by Gasteiger charge is 2.25. The Kier molecular flexibility index (Phi) is 5.97. The molecule has 0 aliphatic carbocycles. The van der Waals surface area contributed by atoms with Gasteiger partial charge >= 0.3 is 0 Å². The van der Waals surface area contributed by atoms with E-state index in [4.69, 9.17) is 5.73 Å². The first-order chi connectivity index (χ1) is 7.22. The maximum Gasteiger partial charge on any atom is 0.224 e. The molecule has 0 aromatic rings. The molecule has 0 rings (SSSR count). The van der Waals surface area contributed by atoms with Gasteiger partial charge in [0, 0.05) is 18.6 Å². The predicted molar refractivity (Wildman–Crippen MR) is 68.2 cm³/mol. The fraction of sp³-hybridized carbons (Fsp3) is 0.917. The zero-order valence-corrected chi connectivity index (χ0v) is 11.5. The number of nitrogens with one attached hydrogen (secondary N) is 1. The lowest BCUT2D eigenvalue weighted by atomic mass is 9.94. The summed E-state index contributed by atoms with van der Waals surface area (Å²) in [5, 5.41) is 2.98. The highest BCUT2D eigenvalue weighted by Crippen LogP contribution is 2.11. The van der Waals surface area contributed by atoms with Gasteiger partial charge in [0.15, 0.2) is 0 Å². The standard InChI is InChI=1S/C12H27N3O/c1-9(2)10(7-13)11(16)14-8-12(3,4)15(5)6/h9-10H,7-8,13H2,1-6H3,(H,14,16). The summed E-state index contributed by atoms with van der Waals surface area (Å²) in [5.41, 5.74) is 5.57. The lowest BCUT2D eigenvalue weighted by Crippen LogP contribution is -2.50. The molecular formula is C12H27N3O. The van der Waals surface area contributed by atoms with Crippen LogP contribution in [0.1, 0.15) is 27.7 Å². The summed E-state index contributed by atoms with van der Waals surface area (Å²) in [4.78, 5) is 14.0. The molecule has 96 valence electrons. The Bertz CT molecular complexity index is 224.